The van der Waals surface area contributed by atoms with Gasteiger partial charge in [-0.2, -0.15) is 16.8 Å². The van der Waals surface area contributed by atoms with Crippen molar-refractivity contribution in [3.05, 3.63) is 64.0 Å². The van der Waals surface area contributed by atoms with Crippen LogP contribution in [0, 0.1) is 13.8 Å². The van der Waals surface area contributed by atoms with Crippen molar-refractivity contribution in [1.82, 2.24) is 4.57 Å². The summed E-state index contributed by atoms with van der Waals surface area (Å²) in [6, 6.07) is 13.1. The maximum Gasteiger partial charge on any atom is 0.263 e. The molecule has 0 saturated heterocycles. The molecule has 0 saturated carbocycles. The van der Waals surface area contributed by atoms with Crippen molar-refractivity contribution in [2.45, 2.75) is 26.1 Å². The monoisotopic (exact) mass is 448 g/mol. The van der Waals surface area contributed by atoms with Gasteiger partial charge in [-0.15, -0.1) is 0 Å². The number of amides is 1. The Kier molecular flexibility index (Phi) is 6.97. The van der Waals surface area contributed by atoms with Crippen LogP contribution in [0.4, 0.5) is 0 Å². The summed E-state index contributed by atoms with van der Waals surface area (Å²) >= 11 is 3.16. The molecule has 154 valence electrons. The summed E-state index contributed by atoms with van der Waals surface area (Å²) < 4.78 is 28.0. The number of thiazole rings is 1. The molecule has 3 rings (SSSR count). The quantitative estimate of drug-likeness (QED) is 0.552. The van der Waals surface area contributed by atoms with Crippen LogP contribution in [0.15, 0.2) is 47.5 Å². The summed E-state index contributed by atoms with van der Waals surface area (Å²) in [6.45, 7) is 4.80. The smallest absolute Gasteiger partial charge is 0.263 e. The molecule has 0 aliphatic heterocycles. The second-order valence-electron chi connectivity index (χ2n) is 6.98. The maximum absolute atomic E-state index is 12.5. The van der Waals surface area contributed by atoms with Crippen LogP contribution in [0.2, 0.25) is 0 Å². The van der Waals surface area contributed by atoms with Crippen LogP contribution in [0.5, 0.6) is 0 Å². The zero-order chi connectivity index (χ0) is 21.0. The van der Waals surface area contributed by atoms with Crippen molar-refractivity contribution < 1.29 is 13.2 Å². The van der Waals surface area contributed by atoms with Gasteiger partial charge in [-0.05, 0) is 42.9 Å². The number of thioether (sulfide) groups is 1. The maximum atomic E-state index is 12.5. The molecule has 29 heavy (non-hydrogen) atoms. The van der Waals surface area contributed by atoms with Crippen LogP contribution in [0.25, 0.3) is 10.2 Å². The predicted octanol–water partition coefficient (Wildman–Crippen LogP) is 3.72. The number of hydrogen-bond acceptors (Lipinski definition) is 5. The van der Waals surface area contributed by atoms with Gasteiger partial charge in [0.1, 0.15) is 5.75 Å². The van der Waals surface area contributed by atoms with Gasteiger partial charge in [-0.3, -0.25) is 4.79 Å². The van der Waals surface area contributed by atoms with Crippen molar-refractivity contribution in [3.8, 4) is 0 Å². The highest BCUT2D eigenvalue weighted by Crippen LogP contribution is 2.23. The Hall–Kier alpha value is -1.90. The van der Waals surface area contributed by atoms with E-state index in [4.69, 9.17) is 0 Å². The molecule has 0 spiro atoms. The summed E-state index contributed by atoms with van der Waals surface area (Å²) in [4.78, 5) is 17.3. The molecule has 8 heteroatoms. The first-order valence-corrected chi connectivity index (χ1v) is 13.2. The van der Waals surface area contributed by atoms with E-state index in [0.29, 0.717) is 16.9 Å². The summed E-state index contributed by atoms with van der Waals surface area (Å²) in [5, 5.41) is 0. The Morgan fingerprint density at radius 2 is 1.90 bits per heavy atom. The average molecular weight is 449 g/mol. The van der Waals surface area contributed by atoms with Crippen LogP contribution < -0.4 is 4.80 Å². The van der Waals surface area contributed by atoms with Crippen molar-refractivity contribution in [1.29, 1.82) is 0 Å². The van der Waals surface area contributed by atoms with E-state index in [9.17, 15) is 13.2 Å². The van der Waals surface area contributed by atoms with E-state index in [0.717, 1.165) is 27.1 Å². The Balaban J connectivity index is 1.94. The topological polar surface area (TPSA) is 68.5 Å². The van der Waals surface area contributed by atoms with Gasteiger partial charge in [0.25, 0.3) is 5.91 Å². The van der Waals surface area contributed by atoms with Gasteiger partial charge in [0.15, 0.2) is 14.6 Å². The Bertz CT molecular complexity index is 1190. The Labute approximate surface area is 179 Å². The summed E-state index contributed by atoms with van der Waals surface area (Å²) in [6.07, 6.45) is 2.03. The highest BCUT2D eigenvalue weighted by Gasteiger charge is 2.18. The fourth-order valence-corrected chi connectivity index (χ4v) is 5.93. The number of aryl methyl sites for hydroxylation is 3. The van der Waals surface area contributed by atoms with Gasteiger partial charge < -0.3 is 4.57 Å². The van der Waals surface area contributed by atoms with Crippen molar-refractivity contribution >= 4 is 49.1 Å². The van der Waals surface area contributed by atoms with Gasteiger partial charge in [0.05, 0.1) is 16.0 Å². The molecule has 1 aromatic heterocycles. The summed E-state index contributed by atoms with van der Waals surface area (Å²) in [5.41, 5.74) is 3.99. The van der Waals surface area contributed by atoms with Crippen LogP contribution in [0.3, 0.4) is 0 Å². The first-order chi connectivity index (χ1) is 13.8. The van der Waals surface area contributed by atoms with Gasteiger partial charge in [0.2, 0.25) is 0 Å². The number of carbonyl (C=O) groups excluding carboxylic acids is 1. The van der Waals surface area contributed by atoms with Crippen molar-refractivity contribution in [2.75, 3.05) is 17.8 Å². The molecule has 0 radical (unpaired) electrons. The molecule has 0 bridgehead atoms. The fourth-order valence-electron chi connectivity index (χ4n) is 3.20. The van der Waals surface area contributed by atoms with Crippen molar-refractivity contribution in [3.63, 3.8) is 0 Å². The molecular formula is C21H24N2O3S3. The third-order valence-corrected chi connectivity index (χ3v) is 7.71. The molecule has 5 nitrogen and oxygen atoms in total. The number of rotatable bonds is 7. The molecule has 1 amide bonds. The van der Waals surface area contributed by atoms with Crippen LogP contribution in [-0.4, -0.2) is 36.7 Å². The van der Waals surface area contributed by atoms with Gasteiger partial charge in [0, 0.05) is 12.3 Å². The number of aromatic nitrogens is 1. The van der Waals surface area contributed by atoms with E-state index < -0.39 is 21.5 Å². The van der Waals surface area contributed by atoms with E-state index in [1.54, 1.807) is 36.0 Å². The minimum Gasteiger partial charge on any atom is -0.315 e. The number of hydrogen-bond donors (Lipinski definition) is 0. The highest BCUT2D eigenvalue weighted by atomic mass is 32.2. The minimum absolute atomic E-state index is 0.160. The van der Waals surface area contributed by atoms with E-state index in [2.05, 4.69) is 17.1 Å². The number of sulfone groups is 1. The Morgan fingerprint density at radius 3 is 2.59 bits per heavy atom. The van der Waals surface area contributed by atoms with Crippen molar-refractivity contribution in [2.24, 2.45) is 4.99 Å². The third-order valence-electron chi connectivity index (χ3n) is 4.43. The second-order valence-corrected chi connectivity index (χ2v) is 11.0. The number of benzene rings is 2. The van der Waals surface area contributed by atoms with Gasteiger partial charge in [-0.1, -0.05) is 47.7 Å². The molecule has 3 aromatic rings. The minimum atomic E-state index is -3.58. The van der Waals surface area contributed by atoms with E-state index >= 15 is 0 Å². The van der Waals surface area contributed by atoms with E-state index in [1.807, 2.05) is 30.7 Å². The fraction of sp³-hybridized carbons (Fsp3) is 0.333. The highest BCUT2D eigenvalue weighted by molar-refractivity contribution is 7.98. The lowest BCUT2D eigenvalue weighted by Gasteiger charge is -2.06. The predicted molar refractivity (Wildman–Crippen MR) is 122 cm³/mol. The molecule has 2 aromatic carbocycles. The Morgan fingerprint density at radius 1 is 1.17 bits per heavy atom. The van der Waals surface area contributed by atoms with E-state index in [1.165, 1.54) is 11.3 Å². The SMILES string of the molecule is CSCCn1c(=NC(=O)CS(=O)(=O)Cc2ccccc2)sc2c(C)cc(C)cc21. The number of nitrogens with zero attached hydrogens (tertiary/aromatic N) is 2. The summed E-state index contributed by atoms with van der Waals surface area (Å²) in [7, 11) is -3.58. The van der Waals surface area contributed by atoms with Crippen LogP contribution >= 0.6 is 23.1 Å². The third kappa shape index (κ3) is 5.58. The number of fused-ring (bicyclic) bond motifs is 1. The standard InChI is InChI=1S/C21H24N2O3S3/c1-15-11-16(2)20-18(12-15)23(9-10-27-3)21(28-20)22-19(24)14-29(25,26)13-17-7-5-4-6-8-17/h4-8,11-12H,9-10,13-14H2,1-3H3. The number of carbonyl (C=O) groups is 1. The molecule has 0 N–H and O–H groups in total. The second kappa shape index (κ2) is 9.28. The molecule has 1 heterocycles. The molecule has 0 unspecified atom stereocenters. The average Bonchev–Trinajstić information content (AvgIpc) is 2.97. The zero-order valence-electron chi connectivity index (χ0n) is 16.7. The van der Waals surface area contributed by atoms with E-state index in [-0.39, 0.29) is 5.75 Å². The first-order valence-electron chi connectivity index (χ1n) is 9.20. The molecule has 0 atom stereocenters. The molecular weight excluding hydrogens is 424 g/mol. The molecule has 0 aliphatic rings. The first kappa shape index (κ1) is 21.8. The van der Waals surface area contributed by atoms with Crippen LogP contribution in [0.1, 0.15) is 16.7 Å². The lowest BCUT2D eigenvalue weighted by atomic mass is 10.1. The largest absolute Gasteiger partial charge is 0.315 e. The van der Waals surface area contributed by atoms with Gasteiger partial charge >= 0.3 is 0 Å². The molecule has 0 aliphatic carbocycles. The van der Waals surface area contributed by atoms with Crippen LogP contribution in [-0.2, 0) is 26.9 Å². The lowest BCUT2D eigenvalue weighted by molar-refractivity contribution is -0.115. The van der Waals surface area contributed by atoms with Gasteiger partial charge in [-0.25, -0.2) is 8.42 Å². The molecule has 0 fully saturated rings. The normalized spacial score (nSPS) is 12.6. The summed E-state index contributed by atoms with van der Waals surface area (Å²) in [5.74, 6) is -0.491. The zero-order valence-corrected chi connectivity index (χ0v) is 19.2. The lowest BCUT2D eigenvalue weighted by Crippen LogP contribution is -2.22.